The Bertz CT molecular complexity index is 1150. The molecule has 0 aliphatic heterocycles. The molecule has 1 heterocycles. The molecule has 4 aromatic rings. The van der Waals surface area contributed by atoms with Crippen LogP contribution in [0.15, 0.2) is 79.3 Å². The number of carbonyl (C=O) groups is 1. The van der Waals surface area contributed by atoms with Gasteiger partial charge < -0.3 is 15.4 Å². The fourth-order valence-electron chi connectivity index (χ4n) is 2.81. The van der Waals surface area contributed by atoms with E-state index in [1.807, 2.05) is 30.3 Å². The van der Waals surface area contributed by atoms with Crippen molar-refractivity contribution in [3.05, 3.63) is 90.6 Å². The molecule has 7 heteroatoms. The van der Waals surface area contributed by atoms with E-state index in [2.05, 4.69) is 20.6 Å². The maximum absolute atomic E-state index is 13.3. The van der Waals surface area contributed by atoms with Crippen LogP contribution in [0.2, 0.25) is 0 Å². The molecule has 0 atom stereocenters. The number of anilines is 2. The number of rotatable bonds is 5. The lowest BCUT2D eigenvalue weighted by Crippen LogP contribution is -2.20. The molecule has 2 N–H and O–H groups in total. The number of aromatic nitrogens is 2. The van der Waals surface area contributed by atoms with Crippen molar-refractivity contribution in [3.63, 3.8) is 0 Å². The van der Waals surface area contributed by atoms with Gasteiger partial charge in [-0.2, -0.15) is 0 Å². The van der Waals surface area contributed by atoms with Crippen LogP contribution in [0.3, 0.4) is 0 Å². The molecule has 0 bridgehead atoms. The number of nitrogens with one attached hydrogen (secondary N) is 2. The Kier molecular flexibility index (Phi) is 5.29. The van der Waals surface area contributed by atoms with E-state index in [-0.39, 0.29) is 0 Å². The van der Waals surface area contributed by atoms with Crippen LogP contribution >= 0.6 is 0 Å². The highest BCUT2D eigenvalue weighted by Gasteiger charge is 2.12. The lowest BCUT2D eigenvalue weighted by atomic mass is 10.2. The Morgan fingerprint density at radius 2 is 1.86 bits per heavy atom. The monoisotopic (exact) mass is 388 g/mol. The van der Waals surface area contributed by atoms with Crippen LogP contribution < -0.4 is 15.4 Å². The highest BCUT2D eigenvalue weighted by Crippen LogP contribution is 2.30. The van der Waals surface area contributed by atoms with Crippen molar-refractivity contribution in [2.75, 3.05) is 10.6 Å². The van der Waals surface area contributed by atoms with Gasteiger partial charge in [0, 0.05) is 17.3 Å². The third-order valence-electron chi connectivity index (χ3n) is 4.17. The zero-order chi connectivity index (χ0) is 20.1. The molecule has 0 unspecified atom stereocenters. The van der Waals surface area contributed by atoms with Crippen molar-refractivity contribution in [1.82, 2.24) is 9.97 Å². The number of amides is 2. The van der Waals surface area contributed by atoms with Crippen molar-refractivity contribution in [2.24, 2.45) is 0 Å². The van der Waals surface area contributed by atoms with Gasteiger partial charge in [-0.25, -0.2) is 19.2 Å². The molecular weight excluding hydrogens is 371 g/mol. The van der Waals surface area contributed by atoms with Gasteiger partial charge in [-0.1, -0.05) is 36.4 Å². The van der Waals surface area contributed by atoms with E-state index in [0.29, 0.717) is 29.2 Å². The minimum Gasteiger partial charge on any atom is -0.487 e. The van der Waals surface area contributed by atoms with Gasteiger partial charge in [0.15, 0.2) is 0 Å². The molecule has 2 amide bonds. The van der Waals surface area contributed by atoms with Crippen molar-refractivity contribution in [3.8, 4) is 5.75 Å². The summed E-state index contributed by atoms with van der Waals surface area (Å²) in [4.78, 5) is 20.7. The summed E-state index contributed by atoms with van der Waals surface area (Å²) in [6, 6.07) is 18.3. The molecule has 0 saturated heterocycles. The predicted molar refractivity (Wildman–Crippen MR) is 109 cm³/mol. The van der Waals surface area contributed by atoms with Crippen LogP contribution in [-0.2, 0) is 6.61 Å². The summed E-state index contributed by atoms with van der Waals surface area (Å²) in [6.07, 6.45) is 3.11. The molecule has 6 nitrogen and oxygen atoms in total. The molecule has 0 aliphatic rings. The largest absolute Gasteiger partial charge is 0.487 e. The van der Waals surface area contributed by atoms with Crippen LogP contribution in [-0.4, -0.2) is 16.0 Å². The zero-order valence-electron chi connectivity index (χ0n) is 15.3. The van der Waals surface area contributed by atoms with E-state index in [9.17, 15) is 9.18 Å². The molecule has 29 heavy (non-hydrogen) atoms. The van der Waals surface area contributed by atoms with Gasteiger partial charge in [0.05, 0.1) is 11.2 Å². The SMILES string of the molecule is O=C(Nc1cccc(F)c1)Nc1cc2ncncc2cc1OCc1ccccc1. The average molecular weight is 388 g/mol. The Labute approximate surface area is 166 Å². The van der Waals surface area contributed by atoms with Crippen LogP contribution in [0.4, 0.5) is 20.6 Å². The number of carbonyl (C=O) groups excluding carboxylic acids is 1. The topological polar surface area (TPSA) is 76.1 Å². The maximum Gasteiger partial charge on any atom is 0.323 e. The van der Waals surface area contributed by atoms with Crippen LogP contribution in [0, 0.1) is 5.82 Å². The van der Waals surface area contributed by atoms with Gasteiger partial charge in [0.25, 0.3) is 0 Å². The fraction of sp³-hybridized carbons (Fsp3) is 0.0455. The molecule has 0 spiro atoms. The number of halogens is 1. The maximum atomic E-state index is 13.3. The second-order valence-electron chi connectivity index (χ2n) is 6.29. The lowest BCUT2D eigenvalue weighted by molar-refractivity contribution is 0.261. The summed E-state index contributed by atoms with van der Waals surface area (Å²) >= 11 is 0. The summed E-state index contributed by atoms with van der Waals surface area (Å²) < 4.78 is 19.3. The molecular formula is C22H17FN4O2. The summed E-state index contributed by atoms with van der Waals surface area (Å²) in [5.41, 5.74) is 2.44. The highest BCUT2D eigenvalue weighted by molar-refractivity contribution is 6.02. The second-order valence-corrected chi connectivity index (χ2v) is 6.29. The smallest absolute Gasteiger partial charge is 0.323 e. The summed E-state index contributed by atoms with van der Waals surface area (Å²) in [5.74, 6) is 0.0441. The number of ether oxygens (including phenoxy) is 1. The molecule has 0 aliphatic carbocycles. The van der Waals surface area contributed by atoms with Crippen molar-refractivity contribution >= 4 is 28.3 Å². The normalized spacial score (nSPS) is 10.5. The van der Waals surface area contributed by atoms with E-state index in [1.54, 1.807) is 24.4 Å². The van der Waals surface area contributed by atoms with E-state index in [4.69, 9.17) is 4.74 Å². The van der Waals surface area contributed by atoms with E-state index < -0.39 is 11.8 Å². The van der Waals surface area contributed by atoms with Crippen molar-refractivity contribution in [2.45, 2.75) is 6.61 Å². The Morgan fingerprint density at radius 3 is 2.69 bits per heavy atom. The van der Waals surface area contributed by atoms with Crippen LogP contribution in [0.5, 0.6) is 5.75 Å². The molecule has 0 fully saturated rings. The van der Waals surface area contributed by atoms with E-state index in [0.717, 1.165) is 10.9 Å². The van der Waals surface area contributed by atoms with Crippen LogP contribution in [0.25, 0.3) is 10.9 Å². The van der Waals surface area contributed by atoms with Gasteiger partial charge in [-0.3, -0.25) is 0 Å². The zero-order valence-corrected chi connectivity index (χ0v) is 15.3. The first-order valence-corrected chi connectivity index (χ1v) is 8.91. The van der Waals surface area contributed by atoms with Gasteiger partial charge in [-0.05, 0) is 35.9 Å². The standard InChI is InChI=1S/C22H17FN4O2/c23-17-7-4-8-18(10-17)26-22(28)27-20-11-19-16(12-24-14-25-19)9-21(20)29-13-15-5-2-1-3-6-15/h1-12,14H,13H2,(H2,26,27,28). The minimum absolute atomic E-state index is 0.334. The average Bonchev–Trinajstić information content (AvgIpc) is 2.73. The number of urea groups is 1. The Balaban J connectivity index is 1.58. The second kappa shape index (κ2) is 8.35. The number of fused-ring (bicyclic) bond motifs is 1. The highest BCUT2D eigenvalue weighted by atomic mass is 19.1. The summed E-state index contributed by atoms with van der Waals surface area (Å²) in [5, 5.41) is 6.13. The molecule has 1 aromatic heterocycles. The first-order chi connectivity index (χ1) is 14.2. The first-order valence-electron chi connectivity index (χ1n) is 8.91. The fourth-order valence-corrected chi connectivity index (χ4v) is 2.81. The molecule has 0 radical (unpaired) electrons. The lowest BCUT2D eigenvalue weighted by Gasteiger charge is -2.14. The first kappa shape index (κ1) is 18.4. The molecule has 144 valence electrons. The van der Waals surface area contributed by atoms with Gasteiger partial charge in [0.1, 0.15) is 24.5 Å². The van der Waals surface area contributed by atoms with Gasteiger partial charge in [-0.15, -0.1) is 0 Å². The molecule has 3 aromatic carbocycles. The quantitative estimate of drug-likeness (QED) is 0.505. The summed E-state index contributed by atoms with van der Waals surface area (Å²) in [7, 11) is 0. The number of benzene rings is 3. The van der Waals surface area contributed by atoms with Crippen molar-refractivity contribution in [1.29, 1.82) is 0 Å². The predicted octanol–water partition coefficient (Wildman–Crippen LogP) is 4.99. The van der Waals surface area contributed by atoms with E-state index in [1.165, 1.54) is 24.5 Å². The number of hydrogen-bond donors (Lipinski definition) is 2. The van der Waals surface area contributed by atoms with Gasteiger partial charge in [0.2, 0.25) is 0 Å². The minimum atomic E-state index is -0.520. The van der Waals surface area contributed by atoms with E-state index >= 15 is 0 Å². The Hall–Kier alpha value is -4.00. The van der Waals surface area contributed by atoms with Gasteiger partial charge >= 0.3 is 6.03 Å². The van der Waals surface area contributed by atoms with Crippen LogP contribution in [0.1, 0.15) is 5.56 Å². The molecule has 4 rings (SSSR count). The number of nitrogens with zero attached hydrogens (tertiary/aromatic N) is 2. The summed E-state index contributed by atoms with van der Waals surface area (Å²) in [6.45, 7) is 0.334. The third-order valence-corrected chi connectivity index (χ3v) is 4.17. The molecule has 0 saturated carbocycles. The number of hydrogen-bond acceptors (Lipinski definition) is 4. The third kappa shape index (κ3) is 4.65. The van der Waals surface area contributed by atoms with Crippen molar-refractivity contribution < 1.29 is 13.9 Å². The Morgan fingerprint density at radius 1 is 1.00 bits per heavy atom.